The molecule has 0 radical (unpaired) electrons. The number of benzene rings is 1. The average molecular weight is 606 g/mol. The Bertz CT molecular complexity index is 1500. The number of hydrogen-bond donors (Lipinski definition) is 1. The largest absolute Gasteiger partial charge is 0.339 e. The second-order valence-electron chi connectivity index (χ2n) is 12.0. The minimum absolute atomic E-state index is 0.00687. The number of nitrogens with one attached hydrogen (secondary N) is 1. The summed E-state index contributed by atoms with van der Waals surface area (Å²) in [7, 11) is 0. The molecule has 3 amide bonds. The highest BCUT2D eigenvalue weighted by Crippen LogP contribution is 2.29. The molecule has 3 fully saturated rings. The summed E-state index contributed by atoms with van der Waals surface area (Å²) in [6, 6.07) is 11.5. The molecule has 10 nitrogen and oxygen atoms in total. The third-order valence-electron chi connectivity index (χ3n) is 9.13. The first-order valence-electron chi connectivity index (χ1n) is 15.4. The lowest BCUT2D eigenvalue weighted by Crippen LogP contribution is -2.53. The van der Waals surface area contributed by atoms with Crippen LogP contribution in [0.5, 0.6) is 0 Å². The molecule has 0 unspecified atom stereocenters. The highest BCUT2D eigenvalue weighted by molar-refractivity contribution is 6.29. The minimum Gasteiger partial charge on any atom is -0.339 e. The van der Waals surface area contributed by atoms with Crippen molar-refractivity contribution in [1.82, 2.24) is 34.5 Å². The highest BCUT2D eigenvalue weighted by atomic mass is 35.5. The van der Waals surface area contributed by atoms with Crippen molar-refractivity contribution in [2.45, 2.75) is 32.7 Å². The van der Waals surface area contributed by atoms with Crippen LogP contribution >= 0.6 is 11.6 Å². The Morgan fingerprint density at radius 1 is 0.837 bits per heavy atom. The number of piperidine rings is 1. The Labute approximate surface area is 257 Å². The Hall–Kier alpha value is -3.47. The summed E-state index contributed by atoms with van der Waals surface area (Å²) >= 11 is 6.27. The third kappa shape index (κ3) is 6.14. The van der Waals surface area contributed by atoms with E-state index in [0.29, 0.717) is 61.7 Å². The van der Waals surface area contributed by atoms with Crippen LogP contribution in [-0.2, 0) is 4.79 Å². The van der Waals surface area contributed by atoms with Crippen LogP contribution < -0.4 is 5.32 Å². The third-order valence-corrected chi connectivity index (χ3v) is 9.34. The molecule has 0 atom stereocenters. The number of aromatic nitrogens is 2. The van der Waals surface area contributed by atoms with Crippen molar-refractivity contribution in [2.24, 2.45) is 5.92 Å². The lowest BCUT2D eigenvalue weighted by Gasteiger charge is -2.37. The van der Waals surface area contributed by atoms with Gasteiger partial charge < -0.3 is 24.6 Å². The van der Waals surface area contributed by atoms with Gasteiger partial charge in [0.05, 0.1) is 11.2 Å². The van der Waals surface area contributed by atoms with E-state index >= 15 is 0 Å². The number of piperazine rings is 2. The molecule has 1 N–H and O–H groups in total. The minimum atomic E-state index is -0.115. The normalized spacial score (nSPS) is 18.9. The van der Waals surface area contributed by atoms with Gasteiger partial charge in [-0.1, -0.05) is 11.6 Å². The summed E-state index contributed by atoms with van der Waals surface area (Å²) in [6.07, 6.45) is 3.36. The summed E-state index contributed by atoms with van der Waals surface area (Å²) in [4.78, 5) is 52.7. The Morgan fingerprint density at radius 3 is 2.16 bits per heavy atom. The molecule has 2 aromatic heterocycles. The number of carbonyl (C=O) groups excluding carboxylic acids is 3. The number of halogens is 1. The van der Waals surface area contributed by atoms with E-state index in [4.69, 9.17) is 11.6 Å². The molecule has 5 heterocycles. The van der Waals surface area contributed by atoms with E-state index in [0.717, 1.165) is 55.6 Å². The number of nitrogens with zero attached hydrogens (tertiary/aromatic N) is 6. The van der Waals surface area contributed by atoms with Gasteiger partial charge in [-0.05, 0) is 76.2 Å². The number of carbonyl (C=O) groups is 3. The molecule has 3 saturated heterocycles. The molecular weight excluding hydrogens is 566 g/mol. The van der Waals surface area contributed by atoms with Gasteiger partial charge in [0, 0.05) is 81.5 Å². The topological polar surface area (TPSA) is 94.0 Å². The van der Waals surface area contributed by atoms with Gasteiger partial charge in [-0.2, -0.15) is 0 Å². The zero-order valence-corrected chi connectivity index (χ0v) is 25.7. The van der Waals surface area contributed by atoms with E-state index in [-0.39, 0.29) is 23.6 Å². The zero-order valence-electron chi connectivity index (χ0n) is 25.0. The monoisotopic (exact) mass is 605 g/mol. The van der Waals surface area contributed by atoms with E-state index in [9.17, 15) is 14.4 Å². The van der Waals surface area contributed by atoms with Crippen molar-refractivity contribution in [3.8, 4) is 5.69 Å². The highest BCUT2D eigenvalue weighted by Gasteiger charge is 2.31. The van der Waals surface area contributed by atoms with Crippen molar-refractivity contribution in [3.63, 3.8) is 0 Å². The maximum atomic E-state index is 14.0. The van der Waals surface area contributed by atoms with Crippen LogP contribution in [0, 0.1) is 5.92 Å². The van der Waals surface area contributed by atoms with Crippen molar-refractivity contribution < 1.29 is 14.4 Å². The zero-order chi connectivity index (χ0) is 30.1. The van der Waals surface area contributed by atoms with Gasteiger partial charge in [-0.3, -0.25) is 19.3 Å². The molecule has 1 aromatic carbocycles. The maximum absolute atomic E-state index is 14.0. The molecule has 3 aliphatic rings. The van der Waals surface area contributed by atoms with E-state index in [1.165, 1.54) is 0 Å². The summed E-state index contributed by atoms with van der Waals surface area (Å²) in [5.74, 6) is 0.165. The Balaban J connectivity index is 1.25. The van der Waals surface area contributed by atoms with Crippen molar-refractivity contribution >= 4 is 40.2 Å². The van der Waals surface area contributed by atoms with E-state index in [1.54, 1.807) is 12.3 Å². The van der Waals surface area contributed by atoms with Gasteiger partial charge in [0.15, 0.2) is 0 Å². The van der Waals surface area contributed by atoms with Crippen LogP contribution in [0.15, 0.2) is 42.6 Å². The molecule has 0 saturated carbocycles. The van der Waals surface area contributed by atoms with Crippen molar-refractivity contribution in [3.05, 3.63) is 59.0 Å². The molecule has 6 rings (SSSR count). The number of hydrogen-bond acceptors (Lipinski definition) is 6. The van der Waals surface area contributed by atoms with Gasteiger partial charge >= 0.3 is 0 Å². The number of rotatable bonds is 5. The van der Waals surface area contributed by atoms with Crippen LogP contribution in [0.25, 0.3) is 16.6 Å². The first-order chi connectivity index (χ1) is 20.8. The van der Waals surface area contributed by atoms with Gasteiger partial charge in [0.25, 0.3) is 11.8 Å². The predicted molar refractivity (Wildman–Crippen MR) is 167 cm³/mol. The first-order valence-corrected chi connectivity index (χ1v) is 15.8. The average Bonchev–Trinajstić information content (AvgIpc) is 3.43. The molecule has 0 spiro atoms. The van der Waals surface area contributed by atoms with Crippen LogP contribution in [0.3, 0.4) is 0 Å². The smallest absolute Gasteiger partial charge is 0.270 e. The van der Waals surface area contributed by atoms with Gasteiger partial charge in [0.2, 0.25) is 5.91 Å². The summed E-state index contributed by atoms with van der Waals surface area (Å²) in [5, 5.41) is 4.45. The number of pyridine rings is 1. The van der Waals surface area contributed by atoms with Gasteiger partial charge in [0.1, 0.15) is 10.8 Å². The standard InChI is InChI=1S/C32H40ClN7O3/c1-22(2)36-11-13-38(14-12-36)31(42)24-3-4-27-25(19-24)20-28(40(27)26-7-10-35-29(33)21-26)32(43)39-17-15-37(16-18-39)30(41)23-5-8-34-9-6-23/h3-4,7,10,19-23,34H,5-6,8-9,11-18H2,1-2H3. The molecule has 11 heteroatoms. The fourth-order valence-corrected chi connectivity index (χ4v) is 6.73. The quantitative estimate of drug-likeness (QED) is 0.449. The van der Waals surface area contributed by atoms with Crippen LogP contribution in [0.1, 0.15) is 47.5 Å². The lowest BCUT2D eigenvalue weighted by atomic mass is 9.96. The molecule has 43 heavy (non-hydrogen) atoms. The van der Waals surface area contributed by atoms with E-state index < -0.39 is 0 Å². The predicted octanol–water partition coefficient (Wildman–Crippen LogP) is 3.13. The fourth-order valence-electron chi connectivity index (χ4n) is 6.56. The van der Waals surface area contributed by atoms with Crippen LogP contribution in [-0.4, -0.2) is 118 Å². The second kappa shape index (κ2) is 12.6. The van der Waals surface area contributed by atoms with Crippen molar-refractivity contribution in [2.75, 3.05) is 65.4 Å². The molecule has 3 aliphatic heterocycles. The van der Waals surface area contributed by atoms with E-state index in [1.807, 2.05) is 49.6 Å². The number of amides is 3. The van der Waals surface area contributed by atoms with Crippen LogP contribution in [0.4, 0.5) is 0 Å². The van der Waals surface area contributed by atoms with E-state index in [2.05, 4.69) is 29.0 Å². The molecule has 228 valence electrons. The first kappa shape index (κ1) is 29.6. The Morgan fingerprint density at radius 2 is 1.49 bits per heavy atom. The SMILES string of the molecule is CC(C)N1CCN(C(=O)c2ccc3c(c2)cc(C(=O)N2CCN(C(=O)C4CCNCC4)CC2)n3-c2ccnc(Cl)c2)CC1. The summed E-state index contributed by atoms with van der Waals surface area (Å²) in [6.45, 7) is 11.2. The summed E-state index contributed by atoms with van der Waals surface area (Å²) < 4.78 is 1.90. The molecule has 3 aromatic rings. The lowest BCUT2D eigenvalue weighted by molar-refractivity contribution is -0.137. The van der Waals surface area contributed by atoms with Crippen molar-refractivity contribution in [1.29, 1.82) is 0 Å². The van der Waals surface area contributed by atoms with Gasteiger partial charge in [-0.25, -0.2) is 4.98 Å². The molecule has 0 bridgehead atoms. The van der Waals surface area contributed by atoms with Gasteiger partial charge in [-0.15, -0.1) is 0 Å². The fraction of sp³-hybridized carbons (Fsp3) is 0.500. The molecule has 0 aliphatic carbocycles. The maximum Gasteiger partial charge on any atom is 0.270 e. The summed E-state index contributed by atoms with van der Waals surface area (Å²) in [5.41, 5.74) is 2.64. The number of fused-ring (bicyclic) bond motifs is 1. The van der Waals surface area contributed by atoms with Crippen LogP contribution in [0.2, 0.25) is 5.15 Å². The molecular formula is C32H40ClN7O3. The Kier molecular flexibility index (Phi) is 8.70. The second-order valence-corrected chi connectivity index (χ2v) is 12.4.